The number of ether oxygens (including phenoxy) is 3. The van der Waals surface area contributed by atoms with E-state index < -0.39 is 16.8 Å². The molecule has 1 aliphatic heterocycles. The molecule has 1 heterocycles. The molecule has 182 valence electrons. The summed E-state index contributed by atoms with van der Waals surface area (Å²) >= 11 is 0. The first-order valence-electron chi connectivity index (χ1n) is 11.3. The van der Waals surface area contributed by atoms with Crippen LogP contribution in [0.1, 0.15) is 47.2 Å². The van der Waals surface area contributed by atoms with Crippen molar-refractivity contribution in [2.75, 3.05) is 6.61 Å². The number of rotatable bonds is 8. The predicted octanol–water partition coefficient (Wildman–Crippen LogP) is 5.21. The van der Waals surface area contributed by atoms with Crippen molar-refractivity contribution in [2.45, 2.75) is 25.7 Å². The molecule has 0 aliphatic carbocycles. The molecule has 0 spiro atoms. The van der Waals surface area contributed by atoms with Gasteiger partial charge in [0, 0.05) is 23.8 Å². The minimum absolute atomic E-state index is 0.0353. The number of nitriles is 1. The SMILES string of the molecule is CCCCOc1ccc(C2C(C#N)=C(N)Oc3cc(OC(=O)c4cccc([N+](=O)[O-])c4)ccc32)cc1. The topological polar surface area (TPSA) is 138 Å². The molecule has 9 nitrogen and oxygen atoms in total. The van der Waals surface area contributed by atoms with E-state index in [9.17, 15) is 20.2 Å². The molecule has 9 heteroatoms. The number of unbranched alkanes of at least 4 members (excludes halogenated alkanes) is 1. The molecule has 0 radical (unpaired) electrons. The number of hydrogen-bond acceptors (Lipinski definition) is 8. The van der Waals surface area contributed by atoms with Crippen LogP contribution in [0.15, 0.2) is 78.2 Å². The fourth-order valence-corrected chi connectivity index (χ4v) is 3.85. The van der Waals surface area contributed by atoms with Crippen molar-refractivity contribution in [3.8, 4) is 23.3 Å². The van der Waals surface area contributed by atoms with E-state index in [1.165, 1.54) is 24.3 Å². The number of nitro groups is 1. The normalized spacial score (nSPS) is 14.3. The lowest BCUT2D eigenvalue weighted by Crippen LogP contribution is -2.21. The summed E-state index contributed by atoms with van der Waals surface area (Å²) in [4.78, 5) is 23.0. The molecule has 0 saturated heterocycles. The first kappa shape index (κ1) is 24.3. The minimum Gasteiger partial charge on any atom is -0.494 e. The molecule has 0 saturated carbocycles. The van der Waals surface area contributed by atoms with E-state index in [4.69, 9.17) is 19.9 Å². The van der Waals surface area contributed by atoms with Gasteiger partial charge in [-0.3, -0.25) is 10.1 Å². The van der Waals surface area contributed by atoms with Gasteiger partial charge in [0.15, 0.2) is 0 Å². The van der Waals surface area contributed by atoms with Gasteiger partial charge in [0.2, 0.25) is 5.88 Å². The quantitative estimate of drug-likeness (QED) is 0.151. The number of allylic oxidation sites excluding steroid dienone is 1. The third-order valence-electron chi connectivity index (χ3n) is 5.67. The van der Waals surface area contributed by atoms with Crippen LogP contribution in [0.3, 0.4) is 0 Å². The Hall–Kier alpha value is -4.84. The van der Waals surface area contributed by atoms with Crippen LogP contribution >= 0.6 is 0 Å². The first-order valence-corrected chi connectivity index (χ1v) is 11.3. The van der Waals surface area contributed by atoms with E-state index in [1.807, 2.05) is 24.3 Å². The van der Waals surface area contributed by atoms with Crippen LogP contribution in [0.2, 0.25) is 0 Å². The van der Waals surface area contributed by atoms with Crippen molar-refractivity contribution in [1.82, 2.24) is 0 Å². The Morgan fingerprint density at radius 1 is 1.14 bits per heavy atom. The van der Waals surface area contributed by atoms with Crippen molar-refractivity contribution in [3.63, 3.8) is 0 Å². The van der Waals surface area contributed by atoms with Gasteiger partial charge in [0.1, 0.15) is 28.9 Å². The molecular formula is C27H23N3O6. The van der Waals surface area contributed by atoms with Gasteiger partial charge in [-0.25, -0.2) is 4.79 Å². The second-order valence-electron chi connectivity index (χ2n) is 8.09. The van der Waals surface area contributed by atoms with Crippen LogP contribution in [-0.2, 0) is 0 Å². The lowest BCUT2D eigenvalue weighted by atomic mass is 9.83. The van der Waals surface area contributed by atoms with Crippen LogP contribution in [0.4, 0.5) is 5.69 Å². The summed E-state index contributed by atoms with van der Waals surface area (Å²) in [5.74, 6) is -0.0457. The Bertz CT molecular complexity index is 1380. The smallest absolute Gasteiger partial charge is 0.343 e. The van der Waals surface area contributed by atoms with Gasteiger partial charge in [-0.05, 0) is 36.2 Å². The third-order valence-corrected chi connectivity index (χ3v) is 5.67. The Morgan fingerprint density at radius 2 is 1.89 bits per heavy atom. The van der Waals surface area contributed by atoms with Crippen molar-refractivity contribution < 1.29 is 23.9 Å². The third kappa shape index (κ3) is 5.13. The summed E-state index contributed by atoms with van der Waals surface area (Å²) in [5, 5.41) is 20.8. The van der Waals surface area contributed by atoms with Gasteiger partial charge in [0.05, 0.1) is 23.0 Å². The highest BCUT2D eigenvalue weighted by Gasteiger charge is 2.31. The number of nitrogens with zero attached hydrogens (tertiary/aromatic N) is 2. The molecule has 0 amide bonds. The number of hydrogen-bond donors (Lipinski definition) is 1. The van der Waals surface area contributed by atoms with E-state index in [0.717, 1.165) is 30.2 Å². The van der Waals surface area contributed by atoms with Crippen LogP contribution in [0.25, 0.3) is 0 Å². The van der Waals surface area contributed by atoms with E-state index in [2.05, 4.69) is 13.0 Å². The van der Waals surface area contributed by atoms with E-state index >= 15 is 0 Å². The van der Waals surface area contributed by atoms with Gasteiger partial charge < -0.3 is 19.9 Å². The zero-order chi connectivity index (χ0) is 25.7. The van der Waals surface area contributed by atoms with Gasteiger partial charge >= 0.3 is 5.97 Å². The Balaban J connectivity index is 1.60. The number of non-ortho nitro benzene ring substituents is 1. The molecule has 0 bridgehead atoms. The summed E-state index contributed by atoms with van der Waals surface area (Å²) in [6.07, 6.45) is 2.00. The largest absolute Gasteiger partial charge is 0.494 e. The zero-order valence-corrected chi connectivity index (χ0v) is 19.5. The number of esters is 1. The zero-order valence-electron chi connectivity index (χ0n) is 19.5. The summed E-state index contributed by atoms with van der Waals surface area (Å²) in [6.45, 7) is 2.72. The van der Waals surface area contributed by atoms with Crippen molar-refractivity contribution in [3.05, 3.63) is 105 Å². The maximum absolute atomic E-state index is 12.6. The van der Waals surface area contributed by atoms with Gasteiger partial charge in [0.25, 0.3) is 5.69 Å². The number of benzene rings is 3. The van der Waals surface area contributed by atoms with Gasteiger partial charge in [-0.2, -0.15) is 5.26 Å². The summed E-state index contributed by atoms with van der Waals surface area (Å²) < 4.78 is 16.8. The second kappa shape index (κ2) is 10.6. The highest BCUT2D eigenvalue weighted by molar-refractivity contribution is 5.91. The molecule has 1 atom stereocenters. The lowest BCUT2D eigenvalue weighted by Gasteiger charge is -2.26. The number of carbonyl (C=O) groups excluding carboxylic acids is 1. The average molecular weight is 485 g/mol. The summed E-state index contributed by atoms with van der Waals surface area (Å²) in [5.41, 5.74) is 7.65. The van der Waals surface area contributed by atoms with Crippen LogP contribution < -0.4 is 19.9 Å². The van der Waals surface area contributed by atoms with Crippen molar-refractivity contribution in [2.24, 2.45) is 5.73 Å². The fraction of sp³-hybridized carbons (Fsp3) is 0.185. The van der Waals surface area contributed by atoms with Gasteiger partial charge in [-0.15, -0.1) is 0 Å². The molecule has 3 aromatic carbocycles. The van der Waals surface area contributed by atoms with Crippen LogP contribution in [0.5, 0.6) is 17.2 Å². The molecule has 1 aliphatic rings. The molecular weight excluding hydrogens is 462 g/mol. The molecule has 4 rings (SSSR count). The van der Waals surface area contributed by atoms with Crippen molar-refractivity contribution >= 4 is 11.7 Å². The molecule has 36 heavy (non-hydrogen) atoms. The summed E-state index contributed by atoms with van der Waals surface area (Å²) in [7, 11) is 0. The lowest BCUT2D eigenvalue weighted by molar-refractivity contribution is -0.384. The molecule has 2 N–H and O–H groups in total. The number of fused-ring (bicyclic) bond motifs is 1. The molecule has 0 fully saturated rings. The molecule has 1 unspecified atom stereocenters. The minimum atomic E-state index is -0.758. The van der Waals surface area contributed by atoms with E-state index in [0.29, 0.717) is 17.9 Å². The van der Waals surface area contributed by atoms with Crippen LogP contribution in [-0.4, -0.2) is 17.5 Å². The Kier molecular flexibility index (Phi) is 7.16. The maximum atomic E-state index is 12.6. The number of carbonyl (C=O) groups is 1. The monoisotopic (exact) mass is 485 g/mol. The molecule has 3 aromatic rings. The summed E-state index contributed by atoms with van der Waals surface area (Å²) in [6, 6.07) is 19.6. The maximum Gasteiger partial charge on any atom is 0.343 e. The fourth-order valence-electron chi connectivity index (χ4n) is 3.85. The Labute approximate surface area is 207 Å². The standard InChI is InChI=1S/C27H23N3O6/c1-2-3-13-34-20-9-7-17(8-10-20)25-22-12-11-21(15-24(22)36-26(29)23(25)16-28)35-27(31)18-5-4-6-19(14-18)30(32)33/h4-12,14-15,25H,2-3,13,29H2,1H3. The average Bonchev–Trinajstić information content (AvgIpc) is 2.88. The highest BCUT2D eigenvalue weighted by Crippen LogP contribution is 2.43. The van der Waals surface area contributed by atoms with Crippen molar-refractivity contribution in [1.29, 1.82) is 5.26 Å². The van der Waals surface area contributed by atoms with E-state index in [1.54, 1.807) is 12.1 Å². The van der Waals surface area contributed by atoms with Gasteiger partial charge in [-0.1, -0.05) is 37.6 Å². The number of nitrogens with two attached hydrogens (primary N) is 1. The highest BCUT2D eigenvalue weighted by atomic mass is 16.6. The predicted molar refractivity (Wildman–Crippen MR) is 131 cm³/mol. The number of nitro benzene ring substituents is 1. The van der Waals surface area contributed by atoms with Crippen LogP contribution in [0, 0.1) is 21.4 Å². The van der Waals surface area contributed by atoms with E-state index in [-0.39, 0.29) is 28.5 Å². The molecule has 0 aromatic heterocycles. The second-order valence-corrected chi connectivity index (χ2v) is 8.09. The Morgan fingerprint density at radius 3 is 2.58 bits per heavy atom. The first-order chi connectivity index (χ1) is 17.4.